The third kappa shape index (κ3) is 4.47. The van der Waals surface area contributed by atoms with E-state index in [-0.39, 0.29) is 23.2 Å². The molecule has 1 aromatic carbocycles. The molecule has 0 saturated carbocycles. The maximum atomic E-state index is 13.1. The quantitative estimate of drug-likeness (QED) is 0.397. The van der Waals surface area contributed by atoms with Crippen molar-refractivity contribution in [1.29, 1.82) is 0 Å². The van der Waals surface area contributed by atoms with Gasteiger partial charge in [-0.2, -0.15) is 0 Å². The number of carbonyl (C=O) groups excluding carboxylic acids is 1. The number of thioether (sulfide) groups is 1. The second kappa shape index (κ2) is 7.93. The van der Waals surface area contributed by atoms with Crippen LogP contribution in [0.4, 0.5) is 4.39 Å². The average Bonchev–Trinajstić information content (AvgIpc) is 3.18. The zero-order valence-electron chi connectivity index (χ0n) is 14.8. The Labute approximate surface area is 161 Å². The Kier molecular flexibility index (Phi) is 5.81. The minimum Gasteiger partial charge on any atom is -0.302 e. The van der Waals surface area contributed by atoms with Gasteiger partial charge in [-0.3, -0.25) is 4.79 Å². The Morgan fingerprint density at radius 3 is 2.70 bits per heavy atom. The number of halogens is 1. The van der Waals surface area contributed by atoms with Crippen molar-refractivity contribution in [2.45, 2.75) is 36.2 Å². The van der Waals surface area contributed by atoms with Crippen LogP contribution in [0, 0.1) is 5.82 Å². The van der Waals surface area contributed by atoms with Gasteiger partial charge in [-0.1, -0.05) is 17.8 Å². The normalized spacial score (nSPS) is 19.7. The van der Waals surface area contributed by atoms with Crippen molar-refractivity contribution in [3.8, 4) is 0 Å². The molecule has 9 heteroatoms. The lowest BCUT2D eigenvalue weighted by Crippen LogP contribution is -2.16. The number of ketones is 1. The fourth-order valence-electron chi connectivity index (χ4n) is 3.05. The highest BCUT2D eigenvalue weighted by Crippen LogP contribution is 2.32. The Morgan fingerprint density at radius 2 is 2.11 bits per heavy atom. The summed E-state index contributed by atoms with van der Waals surface area (Å²) in [7, 11) is -3.04. The molecular weight excluding hydrogens is 389 g/mol. The maximum absolute atomic E-state index is 13.1. The fourth-order valence-corrected chi connectivity index (χ4v) is 5.73. The molecule has 1 aromatic heterocycles. The second-order valence-corrected chi connectivity index (χ2v) is 10.0. The smallest absolute Gasteiger partial charge is 0.192 e. The van der Waals surface area contributed by atoms with Crippen molar-refractivity contribution in [2.24, 2.45) is 0 Å². The molecule has 0 unspecified atom stereocenters. The molecule has 1 aliphatic heterocycles. The number of hydrogen-bond acceptors (Lipinski definition) is 6. The number of rotatable bonds is 7. The number of sulfone groups is 1. The molecule has 1 aliphatic rings. The topological polar surface area (TPSA) is 81.9 Å². The second-order valence-electron chi connectivity index (χ2n) is 6.47. The summed E-state index contributed by atoms with van der Waals surface area (Å²) in [6.07, 6.45) is 2.21. The van der Waals surface area contributed by atoms with Crippen molar-refractivity contribution in [2.75, 3.05) is 11.5 Å². The first-order chi connectivity index (χ1) is 12.8. The van der Waals surface area contributed by atoms with Gasteiger partial charge in [0.25, 0.3) is 0 Å². The summed E-state index contributed by atoms with van der Waals surface area (Å²) >= 11 is 1.25. The van der Waals surface area contributed by atoms with Crippen molar-refractivity contribution in [1.82, 2.24) is 14.8 Å². The molecule has 0 radical (unpaired) electrons. The molecule has 27 heavy (non-hydrogen) atoms. The lowest BCUT2D eigenvalue weighted by molar-refractivity contribution is 0.0993. The van der Waals surface area contributed by atoms with Crippen LogP contribution in [0.25, 0.3) is 0 Å². The van der Waals surface area contributed by atoms with E-state index in [0.717, 1.165) is 0 Å². The van der Waals surface area contributed by atoms with Crippen LogP contribution in [0.15, 0.2) is 42.1 Å². The van der Waals surface area contributed by atoms with E-state index in [1.165, 1.54) is 36.0 Å². The van der Waals surface area contributed by atoms with Crippen molar-refractivity contribution >= 4 is 27.4 Å². The predicted octanol–water partition coefficient (Wildman–Crippen LogP) is 2.87. The molecule has 6 nitrogen and oxygen atoms in total. The fraction of sp³-hybridized carbons (Fsp3) is 0.389. The molecule has 0 N–H and O–H groups in total. The highest BCUT2D eigenvalue weighted by atomic mass is 32.2. The molecule has 2 heterocycles. The molecule has 3 rings (SSSR count). The number of aromatic nitrogens is 3. The minimum absolute atomic E-state index is 0.0665. The van der Waals surface area contributed by atoms with E-state index in [1.807, 2.05) is 4.57 Å². The summed E-state index contributed by atoms with van der Waals surface area (Å²) in [6.45, 7) is 5.92. The molecule has 2 aromatic rings. The monoisotopic (exact) mass is 409 g/mol. The maximum Gasteiger partial charge on any atom is 0.192 e. The van der Waals surface area contributed by atoms with Gasteiger partial charge >= 0.3 is 0 Å². The summed E-state index contributed by atoms with van der Waals surface area (Å²) in [4.78, 5) is 12.6. The average molecular weight is 410 g/mol. The minimum atomic E-state index is -3.04. The van der Waals surface area contributed by atoms with Crippen LogP contribution in [-0.2, 0) is 16.4 Å². The van der Waals surface area contributed by atoms with E-state index in [9.17, 15) is 17.6 Å². The third-order valence-corrected chi connectivity index (χ3v) is 7.28. The first-order valence-electron chi connectivity index (χ1n) is 8.51. The molecule has 1 saturated heterocycles. The number of Topliss-reactive ketones (excluding diaryl/α,β-unsaturated/α-hetero) is 1. The third-order valence-electron chi connectivity index (χ3n) is 4.43. The summed E-state index contributed by atoms with van der Waals surface area (Å²) in [5.74, 6) is 0.101. The van der Waals surface area contributed by atoms with Gasteiger partial charge in [0.2, 0.25) is 0 Å². The molecular formula is C18H20FN3O3S2. The Morgan fingerprint density at radius 1 is 1.41 bits per heavy atom. The SMILES string of the molecule is C=CCn1c(S[C@H](C)C(=O)c2ccc(F)cc2)nnc1[C@H]1CCS(=O)(=O)C1. The predicted molar refractivity (Wildman–Crippen MR) is 102 cm³/mol. The molecule has 0 bridgehead atoms. The van der Waals surface area contributed by atoms with E-state index in [4.69, 9.17) is 0 Å². The zero-order chi connectivity index (χ0) is 19.6. The van der Waals surface area contributed by atoms with Gasteiger partial charge in [0.05, 0.1) is 16.8 Å². The summed E-state index contributed by atoms with van der Waals surface area (Å²) < 4.78 is 38.4. The Hall–Kier alpha value is -2.00. The van der Waals surface area contributed by atoms with Gasteiger partial charge in [0, 0.05) is 18.0 Å². The van der Waals surface area contributed by atoms with E-state index in [0.29, 0.717) is 29.5 Å². The van der Waals surface area contributed by atoms with Gasteiger partial charge in [-0.25, -0.2) is 12.8 Å². The first kappa shape index (κ1) is 19.8. The van der Waals surface area contributed by atoms with Gasteiger partial charge in [0.15, 0.2) is 20.8 Å². The number of allylic oxidation sites excluding steroid dienone is 1. The van der Waals surface area contributed by atoms with Gasteiger partial charge in [-0.15, -0.1) is 16.8 Å². The van der Waals surface area contributed by atoms with Crippen LogP contribution >= 0.6 is 11.8 Å². The summed E-state index contributed by atoms with van der Waals surface area (Å²) in [6, 6.07) is 5.42. The van der Waals surface area contributed by atoms with Crippen molar-refractivity contribution < 1.29 is 17.6 Å². The van der Waals surface area contributed by atoms with Crippen LogP contribution in [0.2, 0.25) is 0 Å². The van der Waals surface area contributed by atoms with Gasteiger partial charge < -0.3 is 4.57 Å². The van der Waals surface area contributed by atoms with Gasteiger partial charge in [-0.05, 0) is 37.6 Å². The van der Waals surface area contributed by atoms with Crippen molar-refractivity contribution in [3.63, 3.8) is 0 Å². The largest absolute Gasteiger partial charge is 0.302 e. The van der Waals surface area contributed by atoms with Crippen LogP contribution in [0.5, 0.6) is 0 Å². The highest BCUT2D eigenvalue weighted by Gasteiger charge is 2.33. The molecule has 0 spiro atoms. The van der Waals surface area contributed by atoms with E-state index < -0.39 is 20.9 Å². The standard InChI is InChI=1S/C18H20FN3O3S2/c1-3-9-22-17(14-8-10-27(24,25)11-14)20-21-18(22)26-12(2)16(23)13-4-6-15(19)7-5-13/h3-7,12,14H,1,8-11H2,2H3/t12-,14+/m1/s1. The zero-order valence-corrected chi connectivity index (χ0v) is 16.5. The number of carbonyl (C=O) groups is 1. The molecule has 144 valence electrons. The van der Waals surface area contributed by atoms with E-state index in [1.54, 1.807) is 13.0 Å². The van der Waals surface area contributed by atoms with Crippen LogP contribution < -0.4 is 0 Å². The first-order valence-corrected chi connectivity index (χ1v) is 11.2. The Bertz CT molecular complexity index is 955. The molecule has 0 aliphatic carbocycles. The lowest BCUT2D eigenvalue weighted by atomic mass is 10.1. The summed E-state index contributed by atoms with van der Waals surface area (Å²) in [5, 5.41) is 8.46. The molecule has 2 atom stereocenters. The van der Waals surface area contributed by atoms with Gasteiger partial charge in [0.1, 0.15) is 11.6 Å². The van der Waals surface area contributed by atoms with Crippen LogP contribution in [0.1, 0.15) is 35.4 Å². The van der Waals surface area contributed by atoms with E-state index in [2.05, 4.69) is 16.8 Å². The molecule has 0 amide bonds. The highest BCUT2D eigenvalue weighted by molar-refractivity contribution is 8.00. The number of hydrogen-bond donors (Lipinski definition) is 0. The number of nitrogens with zero attached hydrogens (tertiary/aromatic N) is 3. The lowest BCUT2D eigenvalue weighted by Gasteiger charge is -2.13. The van der Waals surface area contributed by atoms with Crippen LogP contribution in [0.3, 0.4) is 0 Å². The molecule has 1 fully saturated rings. The van der Waals surface area contributed by atoms with Crippen LogP contribution in [-0.4, -0.2) is 45.7 Å². The Balaban J connectivity index is 1.81. The van der Waals surface area contributed by atoms with E-state index >= 15 is 0 Å². The summed E-state index contributed by atoms with van der Waals surface area (Å²) in [5.41, 5.74) is 0.424. The van der Waals surface area contributed by atoms with Crippen molar-refractivity contribution in [3.05, 3.63) is 54.1 Å². The number of benzene rings is 1.